The van der Waals surface area contributed by atoms with Crippen molar-refractivity contribution in [2.24, 2.45) is 0 Å². The summed E-state index contributed by atoms with van der Waals surface area (Å²) >= 11 is 0. The predicted octanol–water partition coefficient (Wildman–Crippen LogP) is 1.78. The summed E-state index contributed by atoms with van der Waals surface area (Å²) in [6.45, 7) is 7.48. The van der Waals surface area contributed by atoms with E-state index in [2.05, 4.69) is 5.32 Å². The molecule has 8 heteroatoms. The molecule has 0 fully saturated rings. The van der Waals surface area contributed by atoms with E-state index < -0.39 is 16.1 Å². The molecule has 0 bridgehead atoms. The molecule has 25 heavy (non-hydrogen) atoms. The molecule has 0 saturated heterocycles. The molecule has 1 aromatic rings. The first-order chi connectivity index (χ1) is 11.8. The van der Waals surface area contributed by atoms with Gasteiger partial charge in [-0.1, -0.05) is 0 Å². The summed E-state index contributed by atoms with van der Waals surface area (Å²) in [5, 5.41) is 2.75. The van der Waals surface area contributed by atoms with Crippen LogP contribution in [0.2, 0.25) is 0 Å². The van der Waals surface area contributed by atoms with Gasteiger partial charge in [0.1, 0.15) is 11.8 Å². The number of anilines is 1. The van der Waals surface area contributed by atoms with Crippen molar-refractivity contribution in [2.75, 3.05) is 36.9 Å². The molecule has 7 nitrogen and oxygen atoms in total. The molecule has 1 rings (SSSR count). The fourth-order valence-corrected chi connectivity index (χ4v) is 3.52. The number of rotatable bonds is 11. The van der Waals surface area contributed by atoms with E-state index in [1.54, 1.807) is 31.2 Å². The zero-order chi connectivity index (χ0) is 18.9. The minimum absolute atomic E-state index is 0.351. The third-order valence-corrected chi connectivity index (χ3v) is 4.70. The van der Waals surface area contributed by atoms with E-state index >= 15 is 0 Å². The summed E-state index contributed by atoms with van der Waals surface area (Å²) < 4.78 is 36.1. The Bertz CT molecular complexity index is 631. The van der Waals surface area contributed by atoms with Gasteiger partial charge in [0.25, 0.3) is 0 Å². The fourth-order valence-electron chi connectivity index (χ4n) is 2.34. The number of hydrogen-bond acceptors (Lipinski definition) is 5. The van der Waals surface area contributed by atoms with Crippen LogP contribution in [-0.4, -0.2) is 53.0 Å². The van der Waals surface area contributed by atoms with Crippen LogP contribution in [0.15, 0.2) is 24.3 Å². The molecule has 0 aromatic heterocycles. The van der Waals surface area contributed by atoms with Gasteiger partial charge in [-0.3, -0.25) is 9.10 Å². The number of sulfonamides is 1. The monoisotopic (exact) mass is 372 g/mol. The minimum atomic E-state index is -3.62. The van der Waals surface area contributed by atoms with E-state index in [1.165, 1.54) is 0 Å². The smallest absolute Gasteiger partial charge is 0.243 e. The van der Waals surface area contributed by atoms with Crippen LogP contribution in [0.5, 0.6) is 5.75 Å². The number of carbonyl (C=O) groups excluding carboxylic acids is 1. The molecule has 0 saturated carbocycles. The van der Waals surface area contributed by atoms with Crippen molar-refractivity contribution in [3.05, 3.63) is 24.3 Å². The summed E-state index contributed by atoms with van der Waals surface area (Å²) in [5.74, 6) is 0.295. The summed E-state index contributed by atoms with van der Waals surface area (Å²) in [4.78, 5) is 12.3. The van der Waals surface area contributed by atoms with Gasteiger partial charge in [0, 0.05) is 19.8 Å². The highest BCUT2D eigenvalue weighted by atomic mass is 32.2. The van der Waals surface area contributed by atoms with Gasteiger partial charge in [-0.2, -0.15) is 0 Å². The molecule has 0 unspecified atom stereocenters. The minimum Gasteiger partial charge on any atom is -0.494 e. The lowest BCUT2D eigenvalue weighted by molar-refractivity contribution is -0.121. The number of amides is 1. The number of benzene rings is 1. The number of ether oxygens (including phenoxy) is 2. The lowest BCUT2D eigenvalue weighted by atomic mass is 10.2. The molecule has 1 aromatic carbocycles. The molecule has 1 N–H and O–H groups in total. The molecule has 1 atom stereocenters. The molecule has 0 aliphatic carbocycles. The molecule has 0 heterocycles. The Labute approximate surface area is 150 Å². The normalized spacial score (nSPS) is 12.5. The van der Waals surface area contributed by atoms with Crippen molar-refractivity contribution >= 4 is 21.6 Å². The van der Waals surface area contributed by atoms with Crippen molar-refractivity contribution in [1.82, 2.24) is 5.32 Å². The van der Waals surface area contributed by atoms with Gasteiger partial charge in [0.05, 0.1) is 18.6 Å². The first kappa shape index (κ1) is 21.2. The molecule has 1 amide bonds. The second kappa shape index (κ2) is 10.2. The summed E-state index contributed by atoms with van der Waals surface area (Å²) in [6, 6.07) is 5.77. The van der Waals surface area contributed by atoms with Crippen LogP contribution in [0.25, 0.3) is 0 Å². The third kappa shape index (κ3) is 6.91. The SMILES string of the molecule is CCOCCCNC(=O)[C@H](C)N(c1ccc(OCC)cc1)S(C)(=O)=O. The van der Waals surface area contributed by atoms with Crippen LogP contribution in [0, 0.1) is 0 Å². The van der Waals surface area contributed by atoms with Crippen molar-refractivity contribution in [3.63, 3.8) is 0 Å². The van der Waals surface area contributed by atoms with Crippen LogP contribution in [0.4, 0.5) is 5.69 Å². The molecule has 142 valence electrons. The Morgan fingerprint density at radius 1 is 1.20 bits per heavy atom. The van der Waals surface area contributed by atoms with E-state index in [0.717, 1.165) is 10.6 Å². The quantitative estimate of drug-likeness (QED) is 0.599. The third-order valence-electron chi connectivity index (χ3n) is 3.46. The summed E-state index contributed by atoms with van der Waals surface area (Å²) in [6.07, 6.45) is 1.76. The highest BCUT2D eigenvalue weighted by molar-refractivity contribution is 7.92. The second-order valence-corrected chi connectivity index (χ2v) is 7.36. The molecule has 0 radical (unpaired) electrons. The van der Waals surface area contributed by atoms with Gasteiger partial charge in [0.2, 0.25) is 15.9 Å². The maximum Gasteiger partial charge on any atom is 0.243 e. The zero-order valence-corrected chi connectivity index (χ0v) is 16.1. The first-order valence-electron chi connectivity index (χ1n) is 8.39. The van der Waals surface area contributed by atoms with Gasteiger partial charge in [-0.05, 0) is 51.5 Å². The number of carbonyl (C=O) groups is 1. The fraction of sp³-hybridized carbons (Fsp3) is 0.588. The molecule has 0 spiro atoms. The van der Waals surface area contributed by atoms with Crippen LogP contribution in [-0.2, 0) is 19.6 Å². The topological polar surface area (TPSA) is 84.9 Å². The Balaban J connectivity index is 2.82. The number of nitrogens with zero attached hydrogens (tertiary/aromatic N) is 1. The zero-order valence-electron chi connectivity index (χ0n) is 15.3. The highest BCUT2D eigenvalue weighted by Gasteiger charge is 2.28. The lowest BCUT2D eigenvalue weighted by Gasteiger charge is -2.28. The highest BCUT2D eigenvalue weighted by Crippen LogP contribution is 2.24. The standard InChI is InChI=1S/C17H28N2O5S/c1-5-23-13-7-12-18-17(20)14(3)19(25(4,21)22)15-8-10-16(11-9-15)24-6-2/h8-11,14H,5-7,12-13H2,1-4H3,(H,18,20)/t14-/m0/s1. The van der Waals surface area contributed by atoms with Gasteiger partial charge in [-0.15, -0.1) is 0 Å². The Kier molecular flexibility index (Phi) is 8.71. The van der Waals surface area contributed by atoms with Crippen molar-refractivity contribution < 1.29 is 22.7 Å². The van der Waals surface area contributed by atoms with Crippen LogP contribution in [0.3, 0.4) is 0 Å². The van der Waals surface area contributed by atoms with Gasteiger partial charge >= 0.3 is 0 Å². The average molecular weight is 372 g/mol. The second-order valence-electron chi connectivity index (χ2n) is 5.50. The molecule has 0 aliphatic rings. The van der Waals surface area contributed by atoms with Gasteiger partial charge in [0.15, 0.2) is 0 Å². The van der Waals surface area contributed by atoms with Gasteiger partial charge in [-0.25, -0.2) is 8.42 Å². The van der Waals surface area contributed by atoms with E-state index in [-0.39, 0.29) is 5.91 Å². The summed E-state index contributed by atoms with van der Waals surface area (Å²) in [5.41, 5.74) is 0.419. The van der Waals surface area contributed by atoms with Crippen molar-refractivity contribution in [1.29, 1.82) is 0 Å². The largest absolute Gasteiger partial charge is 0.494 e. The molecular formula is C17H28N2O5S. The molecular weight excluding hydrogens is 344 g/mol. The van der Waals surface area contributed by atoms with Crippen LogP contribution >= 0.6 is 0 Å². The average Bonchev–Trinajstić information content (AvgIpc) is 2.55. The maximum atomic E-state index is 12.3. The van der Waals surface area contributed by atoms with E-state index in [0.29, 0.717) is 44.2 Å². The van der Waals surface area contributed by atoms with E-state index in [4.69, 9.17) is 9.47 Å². The predicted molar refractivity (Wildman–Crippen MR) is 98.5 cm³/mol. The van der Waals surface area contributed by atoms with Gasteiger partial charge < -0.3 is 14.8 Å². The maximum absolute atomic E-state index is 12.3. The Morgan fingerprint density at radius 3 is 2.36 bits per heavy atom. The van der Waals surface area contributed by atoms with E-state index in [9.17, 15) is 13.2 Å². The lowest BCUT2D eigenvalue weighted by Crippen LogP contribution is -2.48. The van der Waals surface area contributed by atoms with Crippen molar-refractivity contribution in [2.45, 2.75) is 33.2 Å². The van der Waals surface area contributed by atoms with Crippen molar-refractivity contribution in [3.8, 4) is 5.75 Å². The number of nitrogens with one attached hydrogen (secondary N) is 1. The number of hydrogen-bond donors (Lipinski definition) is 1. The molecule has 0 aliphatic heterocycles. The van der Waals surface area contributed by atoms with E-state index in [1.807, 2.05) is 13.8 Å². The van der Waals surface area contributed by atoms with Crippen LogP contribution in [0.1, 0.15) is 27.2 Å². The Morgan fingerprint density at radius 2 is 1.84 bits per heavy atom. The summed E-state index contributed by atoms with van der Waals surface area (Å²) in [7, 11) is -3.62. The van der Waals surface area contributed by atoms with Crippen LogP contribution < -0.4 is 14.4 Å². The Hall–Kier alpha value is -1.80. The first-order valence-corrected chi connectivity index (χ1v) is 10.2.